The lowest BCUT2D eigenvalue weighted by atomic mass is 10.1. The van der Waals surface area contributed by atoms with E-state index in [0.717, 1.165) is 5.56 Å². The molecule has 0 aliphatic heterocycles. The van der Waals surface area contributed by atoms with Gasteiger partial charge in [-0.1, -0.05) is 48.0 Å². The Labute approximate surface area is 157 Å². The standard InChI is InChI=1S/C21H21FN4O/c1-15-6-8-16(9-7-15)14-25-20(27)19-11-13-24-21(26-19)23-12-10-17-4-2-3-5-18(17)22/h2-9,11,13H,10,12,14H2,1H3,(H,25,27)(H,23,24,26). The highest BCUT2D eigenvalue weighted by atomic mass is 19.1. The molecule has 1 heterocycles. The maximum Gasteiger partial charge on any atom is 0.270 e. The van der Waals surface area contributed by atoms with Gasteiger partial charge in [-0.2, -0.15) is 0 Å². The Morgan fingerprint density at radius 1 is 1.07 bits per heavy atom. The van der Waals surface area contributed by atoms with E-state index in [1.54, 1.807) is 24.3 Å². The largest absolute Gasteiger partial charge is 0.354 e. The highest BCUT2D eigenvalue weighted by Gasteiger charge is 2.09. The van der Waals surface area contributed by atoms with Crippen molar-refractivity contribution in [2.45, 2.75) is 19.9 Å². The number of benzene rings is 2. The Balaban J connectivity index is 1.53. The molecule has 2 N–H and O–H groups in total. The van der Waals surface area contributed by atoms with Crippen LogP contribution in [0.2, 0.25) is 0 Å². The second kappa shape index (κ2) is 8.89. The first kappa shape index (κ1) is 18.5. The lowest BCUT2D eigenvalue weighted by molar-refractivity contribution is 0.0946. The third-order valence-corrected chi connectivity index (χ3v) is 4.10. The molecule has 0 saturated heterocycles. The molecular formula is C21H21FN4O. The van der Waals surface area contributed by atoms with E-state index in [0.29, 0.717) is 31.0 Å². The van der Waals surface area contributed by atoms with Crippen LogP contribution in [0.4, 0.5) is 10.3 Å². The van der Waals surface area contributed by atoms with Crippen molar-refractivity contribution in [3.05, 3.63) is 89.0 Å². The van der Waals surface area contributed by atoms with Crippen LogP contribution in [-0.4, -0.2) is 22.4 Å². The minimum absolute atomic E-state index is 0.232. The van der Waals surface area contributed by atoms with Crippen molar-refractivity contribution in [3.63, 3.8) is 0 Å². The van der Waals surface area contributed by atoms with Crippen molar-refractivity contribution >= 4 is 11.9 Å². The first-order valence-electron chi connectivity index (χ1n) is 8.76. The van der Waals surface area contributed by atoms with Gasteiger partial charge >= 0.3 is 0 Å². The fourth-order valence-electron chi connectivity index (χ4n) is 2.56. The molecule has 1 amide bonds. The molecule has 3 rings (SSSR count). The summed E-state index contributed by atoms with van der Waals surface area (Å²) in [6.45, 7) is 2.92. The van der Waals surface area contributed by atoms with Crippen molar-refractivity contribution in [2.24, 2.45) is 0 Å². The summed E-state index contributed by atoms with van der Waals surface area (Å²) < 4.78 is 13.6. The van der Waals surface area contributed by atoms with Crippen LogP contribution in [0.5, 0.6) is 0 Å². The summed E-state index contributed by atoms with van der Waals surface area (Å²) in [6, 6.07) is 16.2. The van der Waals surface area contributed by atoms with Gasteiger partial charge in [-0.3, -0.25) is 4.79 Å². The Morgan fingerprint density at radius 2 is 1.85 bits per heavy atom. The highest BCUT2D eigenvalue weighted by molar-refractivity contribution is 5.92. The van der Waals surface area contributed by atoms with E-state index in [9.17, 15) is 9.18 Å². The van der Waals surface area contributed by atoms with Crippen LogP contribution in [-0.2, 0) is 13.0 Å². The van der Waals surface area contributed by atoms with E-state index < -0.39 is 0 Å². The van der Waals surface area contributed by atoms with E-state index in [4.69, 9.17) is 0 Å². The Kier molecular flexibility index (Phi) is 6.10. The van der Waals surface area contributed by atoms with E-state index in [2.05, 4.69) is 20.6 Å². The first-order valence-corrected chi connectivity index (χ1v) is 8.76. The molecule has 3 aromatic rings. The van der Waals surface area contributed by atoms with E-state index in [1.807, 2.05) is 31.2 Å². The van der Waals surface area contributed by atoms with Crippen LogP contribution in [0.25, 0.3) is 0 Å². The van der Waals surface area contributed by atoms with Gasteiger partial charge < -0.3 is 10.6 Å². The molecule has 0 aliphatic rings. The summed E-state index contributed by atoms with van der Waals surface area (Å²) in [5, 5.41) is 5.87. The molecule has 5 nitrogen and oxygen atoms in total. The van der Waals surface area contributed by atoms with Crippen LogP contribution in [0.1, 0.15) is 27.2 Å². The van der Waals surface area contributed by atoms with Crippen LogP contribution in [0.3, 0.4) is 0 Å². The van der Waals surface area contributed by atoms with Gasteiger partial charge in [-0.05, 0) is 36.6 Å². The molecule has 0 aliphatic carbocycles. The number of halogens is 1. The first-order chi connectivity index (χ1) is 13.1. The third-order valence-electron chi connectivity index (χ3n) is 4.10. The van der Waals surface area contributed by atoms with Crippen molar-refractivity contribution in [3.8, 4) is 0 Å². The topological polar surface area (TPSA) is 66.9 Å². The second-order valence-corrected chi connectivity index (χ2v) is 6.20. The molecule has 138 valence electrons. The molecule has 0 fully saturated rings. The van der Waals surface area contributed by atoms with Crippen LogP contribution in [0, 0.1) is 12.7 Å². The summed E-state index contributed by atoms with van der Waals surface area (Å²) in [5.41, 5.74) is 3.10. The molecule has 0 bridgehead atoms. The number of nitrogens with zero attached hydrogens (tertiary/aromatic N) is 2. The molecule has 0 saturated carbocycles. The van der Waals surface area contributed by atoms with Crippen molar-refractivity contribution in [2.75, 3.05) is 11.9 Å². The summed E-state index contributed by atoms with van der Waals surface area (Å²) in [7, 11) is 0. The Bertz CT molecular complexity index is 912. The van der Waals surface area contributed by atoms with Gasteiger partial charge in [-0.15, -0.1) is 0 Å². The number of carbonyl (C=O) groups is 1. The highest BCUT2D eigenvalue weighted by Crippen LogP contribution is 2.08. The quantitative estimate of drug-likeness (QED) is 0.673. The maximum atomic E-state index is 13.6. The lowest BCUT2D eigenvalue weighted by Gasteiger charge is -2.08. The summed E-state index contributed by atoms with van der Waals surface area (Å²) >= 11 is 0. The smallest absolute Gasteiger partial charge is 0.270 e. The normalized spacial score (nSPS) is 10.4. The predicted octanol–water partition coefficient (Wildman–Crippen LogP) is 3.51. The molecule has 6 heteroatoms. The van der Waals surface area contributed by atoms with Crippen molar-refractivity contribution < 1.29 is 9.18 Å². The number of rotatable bonds is 7. The molecule has 0 unspecified atom stereocenters. The number of hydrogen-bond acceptors (Lipinski definition) is 4. The molecular weight excluding hydrogens is 343 g/mol. The zero-order valence-electron chi connectivity index (χ0n) is 15.1. The number of hydrogen-bond donors (Lipinski definition) is 2. The Hall–Kier alpha value is -3.28. The van der Waals surface area contributed by atoms with Crippen molar-refractivity contribution in [1.29, 1.82) is 0 Å². The number of aromatic nitrogens is 2. The van der Waals surface area contributed by atoms with E-state index in [-0.39, 0.29) is 17.4 Å². The van der Waals surface area contributed by atoms with Gasteiger partial charge in [0.2, 0.25) is 5.95 Å². The second-order valence-electron chi connectivity index (χ2n) is 6.20. The fourth-order valence-corrected chi connectivity index (χ4v) is 2.56. The molecule has 2 aromatic carbocycles. The average molecular weight is 364 g/mol. The minimum atomic E-state index is -0.268. The fraction of sp³-hybridized carbons (Fsp3) is 0.190. The van der Waals surface area contributed by atoms with Gasteiger partial charge in [0.25, 0.3) is 5.91 Å². The minimum Gasteiger partial charge on any atom is -0.354 e. The predicted molar refractivity (Wildman–Crippen MR) is 103 cm³/mol. The van der Waals surface area contributed by atoms with Crippen LogP contribution in [0.15, 0.2) is 60.8 Å². The molecule has 1 aromatic heterocycles. The monoisotopic (exact) mass is 364 g/mol. The van der Waals surface area contributed by atoms with Gasteiger partial charge in [0.05, 0.1) is 0 Å². The molecule has 27 heavy (non-hydrogen) atoms. The summed E-state index contributed by atoms with van der Waals surface area (Å²) in [6.07, 6.45) is 2.03. The Morgan fingerprint density at radius 3 is 2.63 bits per heavy atom. The summed E-state index contributed by atoms with van der Waals surface area (Å²) in [4.78, 5) is 20.6. The zero-order chi connectivity index (χ0) is 19.1. The average Bonchev–Trinajstić information content (AvgIpc) is 2.69. The van der Waals surface area contributed by atoms with Crippen LogP contribution < -0.4 is 10.6 Å². The van der Waals surface area contributed by atoms with Gasteiger partial charge in [-0.25, -0.2) is 14.4 Å². The number of anilines is 1. The van der Waals surface area contributed by atoms with E-state index >= 15 is 0 Å². The lowest BCUT2D eigenvalue weighted by Crippen LogP contribution is -2.24. The number of amides is 1. The van der Waals surface area contributed by atoms with E-state index in [1.165, 1.54) is 17.8 Å². The van der Waals surface area contributed by atoms with Gasteiger partial charge in [0.15, 0.2) is 0 Å². The number of carbonyl (C=O) groups excluding carboxylic acids is 1. The van der Waals surface area contributed by atoms with Gasteiger partial charge in [0, 0.05) is 19.3 Å². The SMILES string of the molecule is Cc1ccc(CNC(=O)c2ccnc(NCCc3ccccc3F)n2)cc1. The molecule has 0 atom stereocenters. The molecule has 0 radical (unpaired) electrons. The third kappa shape index (κ3) is 5.34. The molecule has 0 spiro atoms. The number of nitrogens with one attached hydrogen (secondary N) is 2. The van der Waals surface area contributed by atoms with Gasteiger partial charge in [0.1, 0.15) is 11.5 Å². The van der Waals surface area contributed by atoms with Crippen molar-refractivity contribution in [1.82, 2.24) is 15.3 Å². The van der Waals surface area contributed by atoms with Crippen LogP contribution >= 0.6 is 0 Å². The zero-order valence-corrected chi connectivity index (χ0v) is 15.1. The number of aryl methyl sites for hydroxylation is 1. The summed E-state index contributed by atoms with van der Waals surface area (Å²) in [5.74, 6) is -0.158. The maximum absolute atomic E-state index is 13.6.